The average Bonchev–Trinajstić information content (AvgIpc) is 2.96. The number of benzene rings is 2. The molecule has 150 valence electrons. The van der Waals surface area contributed by atoms with Gasteiger partial charge in [-0.15, -0.1) is 0 Å². The van der Waals surface area contributed by atoms with E-state index in [1.807, 2.05) is 51.1 Å². The number of anilines is 1. The lowest BCUT2D eigenvalue weighted by atomic mass is 10.1. The number of amidine groups is 1. The van der Waals surface area contributed by atoms with Gasteiger partial charge in [-0.05, 0) is 56.7 Å². The molecule has 0 aromatic heterocycles. The van der Waals surface area contributed by atoms with Gasteiger partial charge in [0.1, 0.15) is 11.5 Å². The molecule has 0 aliphatic carbocycles. The van der Waals surface area contributed by atoms with Crippen molar-refractivity contribution >= 4 is 40.5 Å². The van der Waals surface area contributed by atoms with Gasteiger partial charge in [0.15, 0.2) is 5.17 Å². The predicted molar refractivity (Wildman–Crippen MR) is 116 cm³/mol. The van der Waals surface area contributed by atoms with Crippen LogP contribution in [0.15, 0.2) is 65.3 Å². The Balaban J connectivity index is 1.88. The SMILES string of the molecule is CC(C)(C)NC(=O)CSC1=NC(=Cc2ccccc2)C(=O)N1c1ccc(F)cc1. The van der Waals surface area contributed by atoms with Crippen LogP contribution in [0.25, 0.3) is 6.08 Å². The molecule has 5 nitrogen and oxygen atoms in total. The number of carbonyl (C=O) groups is 2. The van der Waals surface area contributed by atoms with Crippen molar-refractivity contribution in [3.8, 4) is 0 Å². The number of carbonyl (C=O) groups excluding carboxylic acids is 2. The average molecular weight is 412 g/mol. The molecule has 2 aromatic carbocycles. The van der Waals surface area contributed by atoms with E-state index in [0.29, 0.717) is 10.9 Å². The van der Waals surface area contributed by atoms with Crippen molar-refractivity contribution in [2.75, 3.05) is 10.7 Å². The van der Waals surface area contributed by atoms with E-state index in [4.69, 9.17) is 0 Å². The first-order chi connectivity index (χ1) is 13.7. The Morgan fingerprint density at radius 1 is 1.14 bits per heavy atom. The third-order valence-corrected chi connectivity index (χ3v) is 4.80. The zero-order valence-corrected chi connectivity index (χ0v) is 17.3. The van der Waals surface area contributed by atoms with Gasteiger partial charge in [-0.3, -0.25) is 14.5 Å². The molecule has 0 fully saturated rings. The molecular formula is C22H22FN3O2S. The normalized spacial score (nSPS) is 15.6. The van der Waals surface area contributed by atoms with Crippen molar-refractivity contribution < 1.29 is 14.0 Å². The van der Waals surface area contributed by atoms with Crippen molar-refractivity contribution in [3.63, 3.8) is 0 Å². The van der Waals surface area contributed by atoms with E-state index in [0.717, 1.165) is 5.56 Å². The number of hydrogen-bond acceptors (Lipinski definition) is 4. The molecule has 1 heterocycles. The summed E-state index contributed by atoms with van der Waals surface area (Å²) in [6.07, 6.45) is 1.70. The fraction of sp³-hybridized carbons (Fsp3) is 0.227. The first kappa shape index (κ1) is 20.8. The molecule has 0 atom stereocenters. The van der Waals surface area contributed by atoms with E-state index in [9.17, 15) is 14.0 Å². The first-order valence-corrected chi connectivity index (χ1v) is 10.1. The van der Waals surface area contributed by atoms with Crippen LogP contribution < -0.4 is 10.2 Å². The van der Waals surface area contributed by atoms with Crippen LogP contribution in [-0.2, 0) is 9.59 Å². The number of amides is 2. The summed E-state index contributed by atoms with van der Waals surface area (Å²) in [5.41, 5.74) is 1.25. The number of nitrogens with one attached hydrogen (secondary N) is 1. The summed E-state index contributed by atoms with van der Waals surface area (Å²) in [5.74, 6) is -0.757. The molecule has 1 aliphatic heterocycles. The molecule has 0 saturated heterocycles. The van der Waals surface area contributed by atoms with E-state index in [2.05, 4.69) is 10.3 Å². The second-order valence-corrected chi connectivity index (χ2v) is 8.48. The molecule has 2 aromatic rings. The second-order valence-electron chi connectivity index (χ2n) is 7.54. The minimum absolute atomic E-state index is 0.111. The largest absolute Gasteiger partial charge is 0.351 e. The maximum Gasteiger partial charge on any atom is 0.283 e. The van der Waals surface area contributed by atoms with Crippen LogP contribution in [0.2, 0.25) is 0 Å². The van der Waals surface area contributed by atoms with E-state index < -0.39 is 5.82 Å². The Kier molecular flexibility index (Phi) is 6.17. The smallest absolute Gasteiger partial charge is 0.283 e. The summed E-state index contributed by atoms with van der Waals surface area (Å²) < 4.78 is 13.3. The molecule has 2 amide bonds. The number of rotatable bonds is 4. The van der Waals surface area contributed by atoms with Crippen molar-refractivity contribution in [3.05, 3.63) is 71.7 Å². The summed E-state index contributed by atoms with van der Waals surface area (Å²) in [5, 5.41) is 3.27. The van der Waals surface area contributed by atoms with E-state index >= 15 is 0 Å². The third kappa shape index (κ3) is 5.54. The molecule has 0 spiro atoms. The van der Waals surface area contributed by atoms with Crippen LogP contribution in [0, 0.1) is 5.82 Å². The maximum absolute atomic E-state index is 13.3. The second kappa shape index (κ2) is 8.61. The zero-order chi connectivity index (χ0) is 21.0. The van der Waals surface area contributed by atoms with Gasteiger partial charge in [-0.2, -0.15) is 0 Å². The summed E-state index contributed by atoms with van der Waals surface area (Å²) in [4.78, 5) is 31.1. The molecular weight excluding hydrogens is 389 g/mol. The van der Waals surface area contributed by atoms with Crippen molar-refractivity contribution in [1.82, 2.24) is 5.32 Å². The number of nitrogens with zero attached hydrogens (tertiary/aromatic N) is 2. The lowest BCUT2D eigenvalue weighted by Gasteiger charge is -2.21. The highest BCUT2D eigenvalue weighted by atomic mass is 32.2. The van der Waals surface area contributed by atoms with Crippen LogP contribution >= 0.6 is 11.8 Å². The van der Waals surface area contributed by atoms with Gasteiger partial charge >= 0.3 is 0 Å². The Morgan fingerprint density at radius 3 is 2.41 bits per heavy atom. The van der Waals surface area contributed by atoms with Gasteiger partial charge in [0.25, 0.3) is 5.91 Å². The van der Waals surface area contributed by atoms with Gasteiger partial charge in [0.2, 0.25) is 5.91 Å². The molecule has 3 rings (SSSR count). The van der Waals surface area contributed by atoms with Gasteiger partial charge in [0, 0.05) is 5.54 Å². The number of thioether (sulfide) groups is 1. The van der Waals surface area contributed by atoms with Crippen LogP contribution in [0.4, 0.5) is 10.1 Å². The number of hydrogen-bond donors (Lipinski definition) is 1. The van der Waals surface area contributed by atoms with E-state index in [-0.39, 0.29) is 28.8 Å². The van der Waals surface area contributed by atoms with Crippen molar-refractivity contribution in [2.45, 2.75) is 26.3 Å². The van der Waals surface area contributed by atoms with E-state index in [1.165, 1.54) is 40.9 Å². The fourth-order valence-corrected chi connectivity index (χ4v) is 3.52. The monoisotopic (exact) mass is 411 g/mol. The van der Waals surface area contributed by atoms with Crippen molar-refractivity contribution in [1.29, 1.82) is 0 Å². The number of halogens is 1. The third-order valence-electron chi connectivity index (χ3n) is 3.86. The molecule has 0 saturated carbocycles. The molecule has 0 bridgehead atoms. The molecule has 0 unspecified atom stereocenters. The van der Waals surface area contributed by atoms with Crippen LogP contribution in [0.3, 0.4) is 0 Å². The van der Waals surface area contributed by atoms with E-state index in [1.54, 1.807) is 6.08 Å². The zero-order valence-electron chi connectivity index (χ0n) is 16.5. The standard InChI is InChI=1S/C22H22FN3O2S/c1-22(2,3)25-19(27)14-29-21-24-18(13-15-7-5-4-6-8-15)20(28)26(21)17-11-9-16(23)10-12-17/h4-13H,14H2,1-3H3,(H,25,27). The minimum Gasteiger partial charge on any atom is -0.351 e. The van der Waals surface area contributed by atoms with Gasteiger partial charge in [0.05, 0.1) is 11.4 Å². The Hall–Kier alpha value is -2.93. The van der Waals surface area contributed by atoms with Gasteiger partial charge < -0.3 is 5.32 Å². The Bertz CT molecular complexity index is 964. The molecule has 1 N–H and O–H groups in total. The molecule has 29 heavy (non-hydrogen) atoms. The lowest BCUT2D eigenvalue weighted by molar-refractivity contribution is -0.120. The Labute approximate surface area is 173 Å². The van der Waals surface area contributed by atoms with Crippen molar-refractivity contribution in [2.24, 2.45) is 4.99 Å². The predicted octanol–water partition coefficient (Wildman–Crippen LogP) is 4.22. The first-order valence-electron chi connectivity index (χ1n) is 9.12. The highest BCUT2D eigenvalue weighted by Crippen LogP contribution is 2.29. The molecule has 0 radical (unpaired) electrons. The molecule has 1 aliphatic rings. The summed E-state index contributed by atoms with van der Waals surface area (Å²) >= 11 is 1.17. The lowest BCUT2D eigenvalue weighted by Crippen LogP contribution is -2.42. The summed E-state index contributed by atoms with van der Waals surface area (Å²) in [6.45, 7) is 5.70. The fourth-order valence-electron chi connectivity index (χ4n) is 2.70. The van der Waals surface area contributed by atoms with Gasteiger partial charge in [-0.1, -0.05) is 42.1 Å². The topological polar surface area (TPSA) is 61.8 Å². The quantitative estimate of drug-likeness (QED) is 0.767. The van der Waals surface area contributed by atoms with Gasteiger partial charge in [-0.25, -0.2) is 9.38 Å². The van der Waals surface area contributed by atoms with Crippen LogP contribution in [0.5, 0.6) is 0 Å². The minimum atomic E-state index is -0.392. The molecule has 7 heteroatoms. The highest BCUT2D eigenvalue weighted by Gasteiger charge is 2.32. The summed E-state index contributed by atoms with van der Waals surface area (Å²) in [7, 11) is 0. The van der Waals surface area contributed by atoms with Crippen LogP contribution in [0.1, 0.15) is 26.3 Å². The Morgan fingerprint density at radius 2 is 1.79 bits per heavy atom. The maximum atomic E-state index is 13.3. The highest BCUT2D eigenvalue weighted by molar-refractivity contribution is 8.14. The summed E-state index contributed by atoms with van der Waals surface area (Å²) in [6, 6.07) is 15.0. The number of aliphatic imine (C=N–C) groups is 1. The van der Waals surface area contributed by atoms with Crippen LogP contribution in [-0.4, -0.2) is 28.3 Å².